The van der Waals surface area contributed by atoms with Gasteiger partial charge < -0.3 is 19.9 Å². The van der Waals surface area contributed by atoms with E-state index in [-0.39, 0.29) is 6.09 Å². The Morgan fingerprint density at radius 2 is 1.79 bits per heavy atom. The number of ether oxygens (including phenoxy) is 1. The van der Waals surface area contributed by atoms with Gasteiger partial charge in [-0.25, -0.2) is 4.79 Å². The normalized spacial score (nSPS) is 28.9. The van der Waals surface area contributed by atoms with E-state index in [1.54, 1.807) is 0 Å². The third-order valence-corrected chi connectivity index (χ3v) is 3.70. The number of nitrogens with one attached hydrogen (secondary N) is 1. The fraction of sp³-hybridized carbons (Fsp3) is 0.929. The predicted molar refractivity (Wildman–Crippen MR) is 75.2 cm³/mol. The van der Waals surface area contributed by atoms with Gasteiger partial charge in [0.15, 0.2) is 0 Å². The highest BCUT2D eigenvalue weighted by Gasteiger charge is 2.31. The van der Waals surface area contributed by atoms with Gasteiger partial charge in [0.2, 0.25) is 0 Å². The molecule has 0 aromatic heterocycles. The highest BCUT2D eigenvalue weighted by Crippen LogP contribution is 2.17. The zero-order chi connectivity index (χ0) is 14.0. The first kappa shape index (κ1) is 14.6. The molecule has 0 aromatic rings. The summed E-state index contributed by atoms with van der Waals surface area (Å²) in [7, 11) is 2.16. The average molecular weight is 269 g/mol. The summed E-state index contributed by atoms with van der Waals surface area (Å²) in [5, 5.41) is 3.66. The van der Waals surface area contributed by atoms with Crippen LogP contribution in [0.2, 0.25) is 0 Å². The topological polar surface area (TPSA) is 44.8 Å². The summed E-state index contributed by atoms with van der Waals surface area (Å²) < 4.78 is 5.41. The van der Waals surface area contributed by atoms with Crippen molar-refractivity contribution in [1.82, 2.24) is 15.1 Å². The molecule has 19 heavy (non-hydrogen) atoms. The van der Waals surface area contributed by atoms with Gasteiger partial charge in [-0.1, -0.05) is 0 Å². The SMILES string of the molecule is CN1CC[C@H](N[C@H]2CCN(C(=O)OC(C)(C)C)C2)C1. The first-order valence-electron chi connectivity index (χ1n) is 7.26. The van der Waals surface area contributed by atoms with Crippen molar-refractivity contribution in [3.63, 3.8) is 0 Å². The molecule has 2 atom stereocenters. The first-order valence-corrected chi connectivity index (χ1v) is 7.26. The van der Waals surface area contributed by atoms with Crippen molar-refractivity contribution >= 4 is 6.09 Å². The van der Waals surface area contributed by atoms with E-state index in [4.69, 9.17) is 4.74 Å². The Morgan fingerprint density at radius 1 is 1.16 bits per heavy atom. The van der Waals surface area contributed by atoms with Crippen molar-refractivity contribution in [3.05, 3.63) is 0 Å². The highest BCUT2D eigenvalue weighted by molar-refractivity contribution is 5.68. The Labute approximate surface area is 116 Å². The summed E-state index contributed by atoms with van der Waals surface area (Å²) in [6, 6.07) is 0.998. The molecule has 2 heterocycles. The number of hydrogen-bond acceptors (Lipinski definition) is 4. The number of carbonyl (C=O) groups excluding carboxylic acids is 1. The number of amides is 1. The minimum atomic E-state index is -0.406. The second-order valence-electron chi connectivity index (χ2n) is 6.83. The summed E-state index contributed by atoms with van der Waals surface area (Å²) in [4.78, 5) is 16.1. The van der Waals surface area contributed by atoms with E-state index in [1.807, 2.05) is 25.7 Å². The van der Waals surface area contributed by atoms with Gasteiger partial charge in [0.25, 0.3) is 0 Å². The molecular formula is C14H27N3O2. The van der Waals surface area contributed by atoms with Crippen molar-refractivity contribution in [1.29, 1.82) is 0 Å². The molecule has 0 aliphatic carbocycles. The molecule has 1 amide bonds. The van der Waals surface area contributed by atoms with Crippen LogP contribution in [0.25, 0.3) is 0 Å². The van der Waals surface area contributed by atoms with Crippen LogP contribution in [-0.2, 0) is 4.74 Å². The Morgan fingerprint density at radius 3 is 2.37 bits per heavy atom. The average Bonchev–Trinajstić information content (AvgIpc) is 2.86. The number of hydrogen-bond donors (Lipinski definition) is 1. The molecule has 2 rings (SSSR count). The largest absolute Gasteiger partial charge is 0.444 e. The van der Waals surface area contributed by atoms with Gasteiger partial charge in [-0.05, 0) is 47.2 Å². The van der Waals surface area contributed by atoms with Gasteiger partial charge in [-0.2, -0.15) is 0 Å². The van der Waals surface area contributed by atoms with E-state index in [0.717, 1.165) is 26.1 Å². The maximum Gasteiger partial charge on any atom is 0.410 e. The second-order valence-corrected chi connectivity index (χ2v) is 6.83. The molecule has 0 bridgehead atoms. The lowest BCUT2D eigenvalue weighted by Crippen LogP contribution is -2.42. The van der Waals surface area contributed by atoms with E-state index >= 15 is 0 Å². The summed E-state index contributed by atoms with van der Waals surface area (Å²) in [6.07, 6.45) is 2.05. The van der Waals surface area contributed by atoms with Gasteiger partial charge in [-0.15, -0.1) is 0 Å². The lowest BCUT2D eigenvalue weighted by Gasteiger charge is -2.25. The van der Waals surface area contributed by atoms with Crippen molar-refractivity contribution in [2.75, 3.05) is 33.2 Å². The minimum Gasteiger partial charge on any atom is -0.444 e. The predicted octanol–water partition coefficient (Wildman–Crippen LogP) is 1.29. The molecule has 0 saturated carbocycles. The van der Waals surface area contributed by atoms with Crippen molar-refractivity contribution in [2.24, 2.45) is 0 Å². The maximum absolute atomic E-state index is 12.0. The molecule has 0 aromatic carbocycles. The molecule has 110 valence electrons. The molecular weight excluding hydrogens is 242 g/mol. The molecule has 2 aliphatic rings. The van der Waals surface area contributed by atoms with Crippen molar-refractivity contribution < 1.29 is 9.53 Å². The number of carbonyl (C=O) groups is 1. The molecule has 0 unspecified atom stereocenters. The number of nitrogens with zero attached hydrogens (tertiary/aromatic N) is 2. The number of rotatable bonds is 2. The standard InChI is InChI=1S/C14H27N3O2/c1-14(2,3)19-13(18)17-8-6-12(10-17)15-11-5-7-16(4)9-11/h11-12,15H,5-10H2,1-4H3/t11-,12-/m0/s1. The van der Waals surface area contributed by atoms with Crippen molar-refractivity contribution in [3.8, 4) is 0 Å². The van der Waals surface area contributed by atoms with Crippen LogP contribution < -0.4 is 5.32 Å². The van der Waals surface area contributed by atoms with Gasteiger partial charge >= 0.3 is 6.09 Å². The fourth-order valence-electron chi connectivity index (χ4n) is 2.79. The van der Waals surface area contributed by atoms with Crippen LogP contribution in [0.15, 0.2) is 0 Å². The zero-order valence-electron chi connectivity index (χ0n) is 12.6. The van der Waals surface area contributed by atoms with Gasteiger partial charge in [0.1, 0.15) is 5.60 Å². The lowest BCUT2D eigenvalue weighted by molar-refractivity contribution is 0.0290. The molecule has 0 spiro atoms. The molecule has 0 radical (unpaired) electrons. The van der Waals surface area contributed by atoms with Crippen molar-refractivity contribution in [2.45, 2.75) is 51.3 Å². The van der Waals surface area contributed by atoms with E-state index in [0.29, 0.717) is 12.1 Å². The Balaban J connectivity index is 1.75. The van der Waals surface area contributed by atoms with Crippen LogP contribution in [0, 0.1) is 0 Å². The Bertz CT molecular complexity index is 327. The van der Waals surface area contributed by atoms with E-state index < -0.39 is 5.60 Å². The zero-order valence-corrected chi connectivity index (χ0v) is 12.6. The van der Waals surface area contributed by atoms with Gasteiger partial charge in [0, 0.05) is 31.7 Å². The summed E-state index contributed by atoms with van der Waals surface area (Å²) >= 11 is 0. The Kier molecular flexibility index (Phi) is 4.36. The van der Waals surface area contributed by atoms with Crippen LogP contribution in [0.3, 0.4) is 0 Å². The van der Waals surface area contributed by atoms with Crippen LogP contribution >= 0.6 is 0 Å². The summed E-state index contributed by atoms with van der Waals surface area (Å²) in [5.74, 6) is 0. The van der Waals surface area contributed by atoms with Crippen LogP contribution in [0.5, 0.6) is 0 Å². The van der Waals surface area contributed by atoms with Gasteiger partial charge in [0.05, 0.1) is 0 Å². The molecule has 5 nitrogen and oxygen atoms in total. The summed E-state index contributed by atoms with van der Waals surface area (Å²) in [6.45, 7) is 9.58. The summed E-state index contributed by atoms with van der Waals surface area (Å²) in [5.41, 5.74) is -0.406. The van der Waals surface area contributed by atoms with Crippen LogP contribution in [0.1, 0.15) is 33.6 Å². The Hall–Kier alpha value is -0.810. The minimum absolute atomic E-state index is 0.180. The first-order chi connectivity index (χ1) is 8.83. The monoisotopic (exact) mass is 269 g/mol. The molecule has 5 heteroatoms. The highest BCUT2D eigenvalue weighted by atomic mass is 16.6. The second kappa shape index (κ2) is 5.67. The quantitative estimate of drug-likeness (QED) is 0.820. The van der Waals surface area contributed by atoms with E-state index in [1.165, 1.54) is 13.0 Å². The smallest absolute Gasteiger partial charge is 0.410 e. The van der Waals surface area contributed by atoms with Gasteiger partial charge in [-0.3, -0.25) is 0 Å². The third-order valence-electron chi connectivity index (χ3n) is 3.70. The third kappa shape index (κ3) is 4.35. The molecule has 2 fully saturated rings. The van der Waals surface area contributed by atoms with Crippen LogP contribution in [-0.4, -0.2) is 66.8 Å². The fourth-order valence-corrected chi connectivity index (χ4v) is 2.79. The molecule has 1 N–H and O–H groups in total. The lowest BCUT2D eigenvalue weighted by atomic mass is 10.2. The number of likely N-dealkylation sites (tertiary alicyclic amines) is 2. The van der Waals surface area contributed by atoms with E-state index in [9.17, 15) is 4.79 Å². The van der Waals surface area contributed by atoms with Crippen LogP contribution in [0.4, 0.5) is 4.79 Å². The maximum atomic E-state index is 12.0. The molecule has 2 aliphatic heterocycles. The molecule has 2 saturated heterocycles. The number of likely N-dealkylation sites (N-methyl/N-ethyl adjacent to an activating group) is 1. The van der Waals surface area contributed by atoms with E-state index in [2.05, 4.69) is 17.3 Å².